The number of carbonyl (C=O) groups excluding carboxylic acids is 1. The first kappa shape index (κ1) is 20.0. The fourth-order valence-corrected chi connectivity index (χ4v) is 2.71. The molecule has 10 nitrogen and oxygen atoms in total. The van der Waals surface area contributed by atoms with E-state index in [1.807, 2.05) is 0 Å². The standard InChI is InChI=1S/C19H17N3O7/c23-19(20-6-8-28-9-7-20)5-4-14-2-1-3-17(10-14)29-18-12-15(21(24)25)11-16(13-18)22(26)27/h1-5,10-13H,6-9H2/b5-4-. The van der Waals surface area contributed by atoms with E-state index in [9.17, 15) is 25.0 Å². The Kier molecular flexibility index (Phi) is 6.15. The number of carbonyl (C=O) groups is 1. The number of hydrogen-bond donors (Lipinski definition) is 0. The SMILES string of the molecule is O=C(/C=C\c1cccc(Oc2cc([N+](=O)[O-])cc([N+](=O)[O-])c2)c1)N1CCOCC1. The molecule has 1 fully saturated rings. The Labute approximate surface area is 165 Å². The summed E-state index contributed by atoms with van der Waals surface area (Å²) in [6.07, 6.45) is 3.07. The summed E-state index contributed by atoms with van der Waals surface area (Å²) < 4.78 is 10.8. The second-order valence-electron chi connectivity index (χ2n) is 6.14. The van der Waals surface area contributed by atoms with Gasteiger partial charge in [0.05, 0.1) is 41.3 Å². The molecule has 2 aromatic rings. The van der Waals surface area contributed by atoms with Crippen LogP contribution in [0.15, 0.2) is 48.5 Å². The first-order chi connectivity index (χ1) is 13.9. The molecule has 0 atom stereocenters. The van der Waals surface area contributed by atoms with Crippen LogP contribution in [0.3, 0.4) is 0 Å². The van der Waals surface area contributed by atoms with E-state index in [-0.39, 0.29) is 11.7 Å². The fraction of sp³-hybridized carbons (Fsp3) is 0.211. The van der Waals surface area contributed by atoms with Gasteiger partial charge in [0.15, 0.2) is 0 Å². The van der Waals surface area contributed by atoms with Crippen molar-refractivity contribution in [3.8, 4) is 11.5 Å². The lowest BCUT2D eigenvalue weighted by molar-refractivity contribution is -0.394. The highest BCUT2D eigenvalue weighted by atomic mass is 16.6. The van der Waals surface area contributed by atoms with E-state index in [2.05, 4.69) is 0 Å². The van der Waals surface area contributed by atoms with E-state index >= 15 is 0 Å². The second-order valence-corrected chi connectivity index (χ2v) is 6.14. The molecular formula is C19H17N3O7. The highest BCUT2D eigenvalue weighted by Gasteiger charge is 2.18. The lowest BCUT2D eigenvalue weighted by Gasteiger charge is -2.25. The molecule has 0 aliphatic carbocycles. The van der Waals surface area contributed by atoms with Crippen LogP contribution in [0, 0.1) is 20.2 Å². The number of ether oxygens (including phenoxy) is 2. The zero-order valence-corrected chi connectivity index (χ0v) is 15.2. The highest BCUT2D eigenvalue weighted by molar-refractivity contribution is 5.91. The molecule has 29 heavy (non-hydrogen) atoms. The summed E-state index contributed by atoms with van der Waals surface area (Å²) in [6.45, 7) is 2.10. The lowest BCUT2D eigenvalue weighted by Crippen LogP contribution is -2.39. The predicted molar refractivity (Wildman–Crippen MR) is 103 cm³/mol. The van der Waals surface area contributed by atoms with Gasteiger partial charge in [0.1, 0.15) is 11.5 Å². The van der Waals surface area contributed by atoms with Gasteiger partial charge in [-0.15, -0.1) is 0 Å². The predicted octanol–water partition coefficient (Wildman–Crippen LogP) is 3.17. The Morgan fingerprint density at radius 3 is 2.28 bits per heavy atom. The first-order valence-electron chi connectivity index (χ1n) is 8.69. The summed E-state index contributed by atoms with van der Waals surface area (Å²) in [5.74, 6) is 0.158. The minimum atomic E-state index is -0.726. The van der Waals surface area contributed by atoms with Crippen molar-refractivity contribution >= 4 is 23.4 Å². The number of benzene rings is 2. The number of nitro groups is 2. The second kappa shape index (κ2) is 8.93. The van der Waals surface area contributed by atoms with Gasteiger partial charge in [-0.25, -0.2) is 0 Å². The van der Waals surface area contributed by atoms with Gasteiger partial charge in [-0.2, -0.15) is 0 Å². The van der Waals surface area contributed by atoms with Crippen LogP contribution in [0.25, 0.3) is 6.08 Å². The molecule has 0 spiro atoms. The van der Waals surface area contributed by atoms with E-state index < -0.39 is 21.2 Å². The Morgan fingerprint density at radius 1 is 1.00 bits per heavy atom. The van der Waals surface area contributed by atoms with Crippen LogP contribution in [0.2, 0.25) is 0 Å². The van der Waals surface area contributed by atoms with Crippen molar-refractivity contribution in [1.29, 1.82) is 0 Å². The third-order valence-electron chi connectivity index (χ3n) is 4.13. The molecule has 150 valence electrons. The number of nitrogens with zero attached hydrogens (tertiary/aromatic N) is 3. The Hall–Kier alpha value is -3.79. The quantitative estimate of drug-likeness (QED) is 0.415. The van der Waals surface area contributed by atoms with Crippen molar-refractivity contribution in [2.24, 2.45) is 0 Å². The largest absolute Gasteiger partial charge is 0.457 e. The van der Waals surface area contributed by atoms with Crippen LogP contribution in [0.1, 0.15) is 5.56 Å². The molecule has 0 bridgehead atoms. The Morgan fingerprint density at radius 2 is 1.66 bits per heavy atom. The Bertz CT molecular complexity index is 936. The van der Waals surface area contributed by atoms with Crippen LogP contribution in [0.4, 0.5) is 11.4 Å². The van der Waals surface area contributed by atoms with Gasteiger partial charge in [0.25, 0.3) is 11.4 Å². The van der Waals surface area contributed by atoms with Crippen molar-refractivity contribution in [2.45, 2.75) is 0 Å². The van der Waals surface area contributed by atoms with Gasteiger partial charge >= 0.3 is 0 Å². The zero-order valence-electron chi connectivity index (χ0n) is 15.2. The number of hydrogen-bond acceptors (Lipinski definition) is 7. The van der Waals surface area contributed by atoms with E-state index in [4.69, 9.17) is 9.47 Å². The minimum absolute atomic E-state index is 0.0311. The van der Waals surface area contributed by atoms with Gasteiger partial charge in [0.2, 0.25) is 5.91 Å². The maximum absolute atomic E-state index is 12.2. The molecule has 0 radical (unpaired) electrons. The molecule has 1 saturated heterocycles. The summed E-state index contributed by atoms with van der Waals surface area (Å²) >= 11 is 0. The number of morpholine rings is 1. The maximum atomic E-state index is 12.2. The van der Waals surface area contributed by atoms with E-state index in [1.165, 1.54) is 6.08 Å². The molecule has 0 unspecified atom stereocenters. The van der Waals surface area contributed by atoms with E-state index in [0.717, 1.165) is 18.2 Å². The van der Waals surface area contributed by atoms with Gasteiger partial charge in [-0.05, 0) is 23.8 Å². The average molecular weight is 399 g/mol. The van der Waals surface area contributed by atoms with Crippen LogP contribution < -0.4 is 4.74 Å². The van der Waals surface area contributed by atoms with Gasteiger partial charge < -0.3 is 14.4 Å². The normalized spacial score (nSPS) is 14.0. The van der Waals surface area contributed by atoms with Crippen molar-refractivity contribution in [1.82, 2.24) is 4.90 Å². The van der Waals surface area contributed by atoms with Gasteiger partial charge in [-0.3, -0.25) is 25.0 Å². The number of amides is 1. The summed E-state index contributed by atoms with van der Waals surface area (Å²) in [5, 5.41) is 22.0. The highest BCUT2D eigenvalue weighted by Crippen LogP contribution is 2.31. The Balaban J connectivity index is 1.76. The molecule has 1 heterocycles. The number of nitro benzene ring substituents is 2. The lowest BCUT2D eigenvalue weighted by atomic mass is 10.2. The summed E-state index contributed by atoms with van der Waals surface area (Å²) in [7, 11) is 0. The molecule has 1 amide bonds. The van der Waals surface area contributed by atoms with Crippen LogP contribution in [0.5, 0.6) is 11.5 Å². The van der Waals surface area contributed by atoms with Crippen molar-refractivity contribution in [3.63, 3.8) is 0 Å². The molecule has 3 rings (SSSR count). The van der Waals surface area contributed by atoms with Crippen LogP contribution >= 0.6 is 0 Å². The minimum Gasteiger partial charge on any atom is -0.457 e. The van der Waals surface area contributed by atoms with Crippen molar-refractivity contribution in [2.75, 3.05) is 26.3 Å². The van der Waals surface area contributed by atoms with Crippen LogP contribution in [-0.2, 0) is 9.53 Å². The molecular weight excluding hydrogens is 382 g/mol. The molecule has 1 aliphatic rings. The zero-order chi connectivity index (χ0) is 20.8. The summed E-state index contributed by atoms with van der Waals surface area (Å²) in [4.78, 5) is 34.4. The monoisotopic (exact) mass is 399 g/mol. The third-order valence-corrected chi connectivity index (χ3v) is 4.13. The molecule has 0 saturated carbocycles. The third kappa shape index (κ3) is 5.36. The molecule has 2 aromatic carbocycles. The molecule has 0 N–H and O–H groups in total. The summed E-state index contributed by atoms with van der Waals surface area (Å²) in [5.41, 5.74) is -0.216. The fourth-order valence-electron chi connectivity index (χ4n) is 2.71. The molecule has 0 aromatic heterocycles. The maximum Gasteiger partial charge on any atom is 0.280 e. The molecule has 1 aliphatic heterocycles. The van der Waals surface area contributed by atoms with Crippen LogP contribution in [-0.4, -0.2) is 47.0 Å². The van der Waals surface area contributed by atoms with Gasteiger partial charge in [-0.1, -0.05) is 12.1 Å². The average Bonchev–Trinajstić information content (AvgIpc) is 2.72. The number of non-ortho nitro benzene ring substituents is 2. The van der Waals surface area contributed by atoms with E-state index in [0.29, 0.717) is 37.6 Å². The molecule has 10 heteroatoms. The first-order valence-corrected chi connectivity index (χ1v) is 8.69. The summed E-state index contributed by atoms with van der Waals surface area (Å²) in [6, 6.07) is 9.74. The number of rotatable bonds is 6. The van der Waals surface area contributed by atoms with Crippen molar-refractivity contribution in [3.05, 3.63) is 74.3 Å². The topological polar surface area (TPSA) is 125 Å². The van der Waals surface area contributed by atoms with Crippen molar-refractivity contribution < 1.29 is 24.1 Å². The van der Waals surface area contributed by atoms with Gasteiger partial charge in [0, 0.05) is 19.2 Å². The smallest absolute Gasteiger partial charge is 0.280 e. The van der Waals surface area contributed by atoms with E-state index in [1.54, 1.807) is 35.2 Å².